The summed E-state index contributed by atoms with van der Waals surface area (Å²) in [4.78, 5) is 30.7. The lowest BCUT2D eigenvalue weighted by molar-refractivity contribution is 0.0989. The Morgan fingerprint density at radius 1 is 1.06 bits per heavy atom. The highest BCUT2D eigenvalue weighted by Gasteiger charge is 2.21. The Balaban J connectivity index is 1.71. The number of rotatable bonds is 5. The number of nitrogens with zero attached hydrogens (tertiary/aromatic N) is 3. The van der Waals surface area contributed by atoms with Crippen molar-refractivity contribution in [2.45, 2.75) is 0 Å². The van der Waals surface area contributed by atoms with Crippen LogP contribution in [0.4, 0.5) is 16.2 Å². The number of nitrogens with one attached hydrogen (secondary N) is 1. The zero-order valence-electron chi connectivity index (χ0n) is 18.2. The fraction of sp³-hybridized carbons (Fsp3) is 0.125. The molecular formula is C24H21ClN4O4. The zero-order chi connectivity index (χ0) is 23.5. The molecule has 2 aromatic heterocycles. The number of aromatic nitrogens is 2. The zero-order valence-corrected chi connectivity index (χ0v) is 19.0. The number of halogens is 1. The van der Waals surface area contributed by atoms with Crippen molar-refractivity contribution in [2.75, 3.05) is 31.5 Å². The van der Waals surface area contributed by atoms with Gasteiger partial charge in [-0.1, -0.05) is 23.7 Å². The minimum absolute atomic E-state index is 0.242. The number of imidazole rings is 1. The molecule has 1 N–H and O–H groups in total. The number of carbonyl (C=O) groups excluding carboxylic acids is 2. The fourth-order valence-electron chi connectivity index (χ4n) is 3.40. The number of pyridine rings is 1. The van der Waals surface area contributed by atoms with Crippen LogP contribution in [-0.2, 0) is 4.74 Å². The van der Waals surface area contributed by atoms with Crippen molar-refractivity contribution in [1.82, 2.24) is 9.38 Å². The van der Waals surface area contributed by atoms with Gasteiger partial charge < -0.3 is 14.4 Å². The maximum Gasteiger partial charge on any atom is 0.411 e. The highest BCUT2D eigenvalue weighted by Crippen LogP contribution is 2.29. The molecule has 33 heavy (non-hydrogen) atoms. The van der Waals surface area contributed by atoms with Crippen molar-refractivity contribution in [3.63, 3.8) is 0 Å². The van der Waals surface area contributed by atoms with Gasteiger partial charge >= 0.3 is 6.09 Å². The Hall–Kier alpha value is -4.04. The number of anilines is 2. The van der Waals surface area contributed by atoms with Gasteiger partial charge in [-0.15, -0.1) is 0 Å². The van der Waals surface area contributed by atoms with Crippen LogP contribution in [0.1, 0.15) is 10.4 Å². The second-order valence-corrected chi connectivity index (χ2v) is 7.60. The number of hydrogen-bond acceptors (Lipinski definition) is 5. The number of ether oxygens (including phenoxy) is 2. The monoisotopic (exact) mass is 464 g/mol. The van der Waals surface area contributed by atoms with E-state index in [4.69, 9.17) is 16.3 Å². The quantitative estimate of drug-likeness (QED) is 0.443. The Bertz CT molecular complexity index is 1320. The molecule has 4 aromatic rings. The molecule has 0 fully saturated rings. The normalized spacial score (nSPS) is 10.7. The second-order valence-electron chi connectivity index (χ2n) is 7.16. The smallest absolute Gasteiger partial charge is 0.411 e. The molecule has 0 saturated carbocycles. The van der Waals surface area contributed by atoms with E-state index in [0.29, 0.717) is 33.4 Å². The van der Waals surface area contributed by atoms with Gasteiger partial charge in [0.1, 0.15) is 11.4 Å². The first-order valence-electron chi connectivity index (χ1n) is 9.95. The fourth-order valence-corrected chi connectivity index (χ4v) is 3.53. The number of amides is 2. The lowest BCUT2D eigenvalue weighted by Crippen LogP contribution is -2.27. The Kier molecular flexibility index (Phi) is 6.19. The van der Waals surface area contributed by atoms with Gasteiger partial charge in [0.15, 0.2) is 0 Å². The molecule has 0 aliphatic heterocycles. The first-order valence-corrected chi connectivity index (χ1v) is 10.3. The van der Waals surface area contributed by atoms with Crippen LogP contribution in [0, 0.1) is 0 Å². The van der Waals surface area contributed by atoms with Crippen LogP contribution in [0.2, 0.25) is 5.02 Å². The van der Waals surface area contributed by atoms with Crippen LogP contribution < -0.4 is 15.0 Å². The number of benzene rings is 2. The van der Waals surface area contributed by atoms with Gasteiger partial charge in [-0.25, -0.2) is 9.78 Å². The molecule has 2 aromatic carbocycles. The maximum absolute atomic E-state index is 13.3. The summed E-state index contributed by atoms with van der Waals surface area (Å²) in [5.74, 6) is 0.177. The van der Waals surface area contributed by atoms with E-state index in [9.17, 15) is 9.59 Å². The summed E-state index contributed by atoms with van der Waals surface area (Å²) >= 11 is 5.97. The second kappa shape index (κ2) is 9.22. The highest BCUT2D eigenvalue weighted by atomic mass is 35.5. The predicted molar refractivity (Wildman–Crippen MR) is 127 cm³/mol. The number of hydrogen-bond donors (Lipinski definition) is 1. The molecule has 0 atom stereocenters. The highest BCUT2D eigenvalue weighted by molar-refractivity contribution is 6.30. The molecule has 168 valence electrons. The van der Waals surface area contributed by atoms with Crippen LogP contribution in [0.25, 0.3) is 16.9 Å². The molecule has 8 nitrogen and oxygen atoms in total. The van der Waals surface area contributed by atoms with Gasteiger partial charge in [0, 0.05) is 41.3 Å². The van der Waals surface area contributed by atoms with E-state index in [2.05, 4.69) is 15.0 Å². The summed E-state index contributed by atoms with van der Waals surface area (Å²) in [6, 6.07) is 15.9. The van der Waals surface area contributed by atoms with E-state index in [-0.39, 0.29) is 5.91 Å². The summed E-state index contributed by atoms with van der Waals surface area (Å²) in [6.45, 7) is 0. The number of methoxy groups -OCH3 is 2. The molecule has 4 rings (SSSR count). The summed E-state index contributed by atoms with van der Waals surface area (Å²) in [6.07, 6.45) is 2.89. The van der Waals surface area contributed by atoms with Gasteiger partial charge in [-0.3, -0.25) is 14.5 Å². The molecule has 0 saturated heterocycles. The molecule has 2 heterocycles. The maximum atomic E-state index is 13.3. The van der Waals surface area contributed by atoms with Crippen LogP contribution in [0.5, 0.6) is 5.75 Å². The van der Waals surface area contributed by atoms with Crippen LogP contribution >= 0.6 is 11.6 Å². The van der Waals surface area contributed by atoms with E-state index in [1.165, 1.54) is 19.1 Å². The third-order valence-electron chi connectivity index (χ3n) is 5.19. The molecule has 9 heteroatoms. The van der Waals surface area contributed by atoms with Crippen LogP contribution in [-0.4, -0.2) is 42.7 Å². The average Bonchev–Trinajstić information content (AvgIpc) is 3.26. The van der Waals surface area contributed by atoms with Gasteiger partial charge in [0.25, 0.3) is 5.91 Å². The molecule has 0 radical (unpaired) electrons. The topological polar surface area (TPSA) is 85.2 Å². The molecule has 0 spiro atoms. The first-order chi connectivity index (χ1) is 15.9. The van der Waals surface area contributed by atoms with E-state index < -0.39 is 6.09 Å². The molecule has 0 unspecified atom stereocenters. The van der Waals surface area contributed by atoms with Crippen molar-refractivity contribution in [3.05, 3.63) is 77.6 Å². The average molecular weight is 465 g/mol. The molecule has 0 aliphatic carbocycles. The lowest BCUT2D eigenvalue weighted by Gasteiger charge is -2.19. The number of carbonyl (C=O) groups is 2. The summed E-state index contributed by atoms with van der Waals surface area (Å²) in [5, 5.41) is 3.21. The largest absolute Gasteiger partial charge is 0.496 e. The third kappa shape index (κ3) is 4.47. The SMILES string of the molecule is COC(=O)Nc1ccc(-c2cnc3cc(OC)c(C(=O)N(C)c4ccc(Cl)cc4)cn23)cc1. The van der Waals surface area contributed by atoms with E-state index >= 15 is 0 Å². The van der Waals surface area contributed by atoms with Crippen molar-refractivity contribution >= 4 is 40.6 Å². The Labute approximate surface area is 195 Å². The van der Waals surface area contributed by atoms with Gasteiger partial charge in [0.2, 0.25) is 0 Å². The van der Waals surface area contributed by atoms with Gasteiger partial charge in [-0.05, 0) is 36.4 Å². The molecular weight excluding hydrogens is 444 g/mol. The van der Waals surface area contributed by atoms with Crippen molar-refractivity contribution in [1.29, 1.82) is 0 Å². The Morgan fingerprint density at radius 3 is 2.39 bits per heavy atom. The third-order valence-corrected chi connectivity index (χ3v) is 5.44. The van der Waals surface area contributed by atoms with Crippen molar-refractivity contribution in [2.24, 2.45) is 0 Å². The first kappa shape index (κ1) is 22.2. The van der Waals surface area contributed by atoms with E-state index in [0.717, 1.165) is 11.3 Å². The lowest BCUT2D eigenvalue weighted by atomic mass is 10.1. The minimum Gasteiger partial charge on any atom is -0.496 e. The van der Waals surface area contributed by atoms with Crippen molar-refractivity contribution < 1.29 is 19.1 Å². The molecule has 0 bridgehead atoms. The number of fused-ring (bicyclic) bond motifs is 1. The summed E-state index contributed by atoms with van der Waals surface area (Å²) in [5.41, 5.74) is 3.94. The predicted octanol–water partition coefficient (Wildman–Crippen LogP) is 5.12. The van der Waals surface area contributed by atoms with Crippen molar-refractivity contribution in [3.8, 4) is 17.0 Å². The van der Waals surface area contributed by atoms with E-state index in [1.807, 2.05) is 16.5 Å². The summed E-state index contributed by atoms with van der Waals surface area (Å²) in [7, 11) is 4.51. The van der Waals surface area contributed by atoms with E-state index in [1.54, 1.807) is 61.9 Å². The Morgan fingerprint density at radius 2 is 1.76 bits per heavy atom. The molecule has 0 aliphatic rings. The van der Waals surface area contributed by atoms with Crippen LogP contribution in [0.15, 0.2) is 67.0 Å². The standard InChI is InChI=1S/C24H21ClN4O4/c1-28(18-10-6-16(25)7-11-18)23(30)19-14-29-20(13-26-22(29)12-21(19)32-2)15-4-8-17(9-5-15)27-24(31)33-3/h4-14H,1-3H3,(H,27,31). The van der Waals surface area contributed by atoms with Gasteiger partial charge in [0.05, 0.1) is 31.7 Å². The van der Waals surface area contributed by atoms with Crippen LogP contribution in [0.3, 0.4) is 0 Å². The molecule has 2 amide bonds. The van der Waals surface area contributed by atoms with Gasteiger partial charge in [-0.2, -0.15) is 0 Å². The summed E-state index contributed by atoms with van der Waals surface area (Å²) < 4.78 is 11.9. The minimum atomic E-state index is -0.544.